The molecule has 4 aromatic rings. The molecular weight excluding hydrogens is 353 g/mol. The molecule has 0 fully saturated rings. The van der Waals surface area contributed by atoms with Crippen molar-refractivity contribution in [2.24, 2.45) is 7.05 Å². The molecule has 4 rings (SSSR count). The van der Waals surface area contributed by atoms with Crippen LogP contribution in [0.15, 0.2) is 42.5 Å². The smallest absolute Gasteiger partial charge is 0.330 e. The van der Waals surface area contributed by atoms with Crippen molar-refractivity contribution in [3.05, 3.63) is 59.1 Å². The van der Waals surface area contributed by atoms with Gasteiger partial charge in [0.2, 0.25) is 5.82 Å². The normalized spacial score (nSPS) is 12.4. The van der Waals surface area contributed by atoms with Crippen molar-refractivity contribution in [2.45, 2.75) is 12.7 Å². The Kier molecular flexibility index (Phi) is 3.50. The maximum absolute atomic E-state index is 13.4. The molecule has 2 heterocycles. The van der Waals surface area contributed by atoms with Crippen molar-refractivity contribution in [2.75, 3.05) is 0 Å². The Morgan fingerprint density at radius 3 is 2.52 bits per heavy atom. The zero-order valence-electron chi connectivity index (χ0n) is 13.0. The average molecular weight is 365 g/mol. The van der Waals surface area contributed by atoms with E-state index in [2.05, 4.69) is 9.97 Å². The number of hydrogen-bond acceptors (Lipinski definition) is 2. The number of aryl methyl sites for hydroxylation is 1. The fourth-order valence-electron chi connectivity index (χ4n) is 2.96. The van der Waals surface area contributed by atoms with Crippen molar-refractivity contribution in [1.82, 2.24) is 19.1 Å². The van der Waals surface area contributed by atoms with Crippen LogP contribution in [0.1, 0.15) is 11.6 Å². The van der Waals surface area contributed by atoms with Gasteiger partial charge in [0.05, 0.1) is 28.6 Å². The van der Waals surface area contributed by atoms with Gasteiger partial charge < -0.3 is 9.13 Å². The highest BCUT2D eigenvalue weighted by molar-refractivity contribution is 6.31. The highest BCUT2D eigenvalue weighted by atomic mass is 35.5. The van der Waals surface area contributed by atoms with Crippen LogP contribution >= 0.6 is 11.6 Å². The number of imidazole rings is 2. The molecule has 0 spiro atoms. The fourth-order valence-corrected chi connectivity index (χ4v) is 3.12. The monoisotopic (exact) mass is 364 g/mol. The summed E-state index contributed by atoms with van der Waals surface area (Å²) in [6.07, 6.45) is -4.55. The van der Waals surface area contributed by atoms with Crippen LogP contribution in [0.2, 0.25) is 5.02 Å². The van der Waals surface area contributed by atoms with Crippen LogP contribution in [0, 0.1) is 0 Å². The molecule has 128 valence electrons. The van der Waals surface area contributed by atoms with Crippen LogP contribution in [0.25, 0.3) is 22.1 Å². The first-order chi connectivity index (χ1) is 11.8. The van der Waals surface area contributed by atoms with Crippen LogP contribution in [0.3, 0.4) is 0 Å². The summed E-state index contributed by atoms with van der Waals surface area (Å²) in [4.78, 5) is 8.20. The van der Waals surface area contributed by atoms with E-state index in [1.54, 1.807) is 54.1 Å². The highest BCUT2D eigenvalue weighted by Crippen LogP contribution is 2.32. The lowest BCUT2D eigenvalue weighted by atomic mass is 10.3. The molecule has 0 N–H and O–H groups in total. The predicted octanol–water partition coefficient (Wildman–Crippen LogP) is 4.64. The Balaban J connectivity index is 1.90. The molecule has 0 unspecified atom stereocenters. The molecule has 0 saturated carbocycles. The summed E-state index contributed by atoms with van der Waals surface area (Å²) < 4.78 is 43.2. The van der Waals surface area contributed by atoms with Crippen LogP contribution in [-0.4, -0.2) is 19.1 Å². The molecular formula is C17H12ClF3N4. The predicted molar refractivity (Wildman–Crippen MR) is 89.6 cm³/mol. The summed E-state index contributed by atoms with van der Waals surface area (Å²) >= 11 is 5.97. The second-order valence-electron chi connectivity index (χ2n) is 5.73. The van der Waals surface area contributed by atoms with Crippen molar-refractivity contribution in [3.63, 3.8) is 0 Å². The zero-order chi connectivity index (χ0) is 17.8. The summed E-state index contributed by atoms with van der Waals surface area (Å²) in [5.74, 6) is -0.440. The lowest BCUT2D eigenvalue weighted by molar-refractivity contribution is -0.146. The summed E-state index contributed by atoms with van der Waals surface area (Å²) in [5.41, 5.74) is 2.16. The van der Waals surface area contributed by atoms with E-state index in [-0.39, 0.29) is 6.54 Å². The lowest BCUT2D eigenvalue weighted by Gasteiger charge is -2.11. The molecule has 0 bridgehead atoms. The minimum Gasteiger partial charge on any atom is -0.330 e. The maximum atomic E-state index is 13.4. The third-order valence-electron chi connectivity index (χ3n) is 4.14. The summed E-state index contributed by atoms with van der Waals surface area (Å²) in [7, 11) is 1.77. The topological polar surface area (TPSA) is 35.6 Å². The number of nitrogens with zero attached hydrogens (tertiary/aromatic N) is 4. The molecule has 25 heavy (non-hydrogen) atoms. The first-order valence-electron chi connectivity index (χ1n) is 7.48. The number of hydrogen-bond donors (Lipinski definition) is 0. The third kappa shape index (κ3) is 2.64. The van der Waals surface area contributed by atoms with Gasteiger partial charge in [-0.25, -0.2) is 9.97 Å². The molecule has 0 amide bonds. The lowest BCUT2D eigenvalue weighted by Crippen LogP contribution is -2.17. The van der Waals surface area contributed by atoms with Crippen molar-refractivity contribution >= 4 is 33.7 Å². The SMILES string of the molecule is Cn1c(Cn2c(C(F)(F)F)nc3ccccc32)nc2cc(Cl)ccc21. The second kappa shape index (κ2) is 5.49. The third-order valence-corrected chi connectivity index (χ3v) is 4.38. The number of halogens is 4. The van der Waals surface area contributed by atoms with Crippen LogP contribution < -0.4 is 0 Å². The van der Waals surface area contributed by atoms with Crippen LogP contribution in [0.5, 0.6) is 0 Å². The zero-order valence-corrected chi connectivity index (χ0v) is 13.8. The van der Waals surface area contributed by atoms with E-state index in [0.717, 1.165) is 10.1 Å². The number of benzene rings is 2. The Morgan fingerprint density at radius 1 is 1.00 bits per heavy atom. The molecule has 2 aromatic heterocycles. The van der Waals surface area contributed by atoms with E-state index in [4.69, 9.17) is 11.6 Å². The van der Waals surface area contributed by atoms with E-state index in [1.807, 2.05) is 0 Å². The molecule has 4 nitrogen and oxygen atoms in total. The van der Waals surface area contributed by atoms with E-state index < -0.39 is 12.0 Å². The molecule has 0 radical (unpaired) electrons. The first-order valence-corrected chi connectivity index (χ1v) is 7.86. The van der Waals surface area contributed by atoms with Gasteiger partial charge in [-0.1, -0.05) is 23.7 Å². The van der Waals surface area contributed by atoms with Gasteiger partial charge in [-0.05, 0) is 30.3 Å². The molecule has 8 heteroatoms. The van der Waals surface area contributed by atoms with Crippen molar-refractivity contribution in [3.8, 4) is 0 Å². The van der Waals surface area contributed by atoms with Gasteiger partial charge in [0.25, 0.3) is 0 Å². The molecule has 0 aliphatic rings. The minimum absolute atomic E-state index is 0.0435. The number of rotatable bonds is 2. The average Bonchev–Trinajstić information content (AvgIpc) is 3.06. The largest absolute Gasteiger partial charge is 0.449 e. The van der Waals surface area contributed by atoms with E-state index in [1.165, 1.54) is 0 Å². The van der Waals surface area contributed by atoms with Crippen LogP contribution in [-0.2, 0) is 19.8 Å². The van der Waals surface area contributed by atoms with Gasteiger partial charge in [-0.2, -0.15) is 13.2 Å². The molecule has 0 aliphatic heterocycles. The van der Waals surface area contributed by atoms with Gasteiger partial charge in [0, 0.05) is 12.1 Å². The number of para-hydroxylation sites is 2. The minimum atomic E-state index is -4.55. The quantitative estimate of drug-likeness (QED) is 0.519. The summed E-state index contributed by atoms with van der Waals surface area (Å²) in [6, 6.07) is 11.8. The number of aromatic nitrogens is 4. The standard InChI is InChI=1S/C17H12ClF3N4/c1-24-13-7-6-10(18)8-12(13)22-15(24)9-25-14-5-3-2-4-11(14)23-16(25)17(19,20)21/h2-8H,9H2,1H3. The van der Waals surface area contributed by atoms with Gasteiger partial charge in [-0.3, -0.25) is 0 Å². The van der Waals surface area contributed by atoms with Crippen molar-refractivity contribution < 1.29 is 13.2 Å². The Labute approximate surface area is 145 Å². The van der Waals surface area contributed by atoms with Gasteiger partial charge in [0.1, 0.15) is 5.82 Å². The Morgan fingerprint density at radius 2 is 1.76 bits per heavy atom. The van der Waals surface area contributed by atoms with Gasteiger partial charge in [-0.15, -0.1) is 0 Å². The second-order valence-corrected chi connectivity index (χ2v) is 6.16. The number of alkyl halides is 3. The van der Waals surface area contributed by atoms with Crippen molar-refractivity contribution in [1.29, 1.82) is 0 Å². The molecule has 0 aliphatic carbocycles. The van der Waals surface area contributed by atoms with E-state index >= 15 is 0 Å². The van der Waals surface area contributed by atoms with E-state index in [0.29, 0.717) is 27.4 Å². The highest BCUT2D eigenvalue weighted by Gasteiger charge is 2.37. The maximum Gasteiger partial charge on any atom is 0.449 e. The molecule has 0 atom stereocenters. The molecule has 0 saturated heterocycles. The molecule has 2 aromatic carbocycles. The Hall–Kier alpha value is -2.54. The van der Waals surface area contributed by atoms with Gasteiger partial charge in [0.15, 0.2) is 0 Å². The van der Waals surface area contributed by atoms with Gasteiger partial charge >= 0.3 is 6.18 Å². The van der Waals surface area contributed by atoms with E-state index in [9.17, 15) is 13.2 Å². The number of fused-ring (bicyclic) bond motifs is 2. The first kappa shape index (κ1) is 16.0. The van der Waals surface area contributed by atoms with Crippen LogP contribution in [0.4, 0.5) is 13.2 Å². The Bertz CT molecular complexity index is 1090. The summed E-state index contributed by atoms with van der Waals surface area (Å²) in [5, 5.41) is 0.529. The summed E-state index contributed by atoms with van der Waals surface area (Å²) in [6.45, 7) is -0.0435. The fraction of sp³-hybridized carbons (Fsp3) is 0.176.